The predicted octanol–water partition coefficient (Wildman–Crippen LogP) is 3.09. The number of benzene rings is 2. The third-order valence-corrected chi connectivity index (χ3v) is 3.46. The van der Waals surface area contributed by atoms with Crippen molar-refractivity contribution in [3.8, 4) is 0 Å². The molecular formula is C17H23NO3. The van der Waals surface area contributed by atoms with Gasteiger partial charge in [0.05, 0.1) is 0 Å². The smallest absolute Gasteiger partial charge is 0.335 e. The van der Waals surface area contributed by atoms with Crippen LogP contribution in [0.3, 0.4) is 0 Å². The first-order valence-electron chi connectivity index (χ1n) is 6.98. The number of aliphatic carboxylic acids is 1. The van der Waals surface area contributed by atoms with E-state index in [-0.39, 0.29) is 12.5 Å². The molecule has 114 valence electrons. The fourth-order valence-corrected chi connectivity index (χ4v) is 1.80. The lowest BCUT2D eigenvalue weighted by molar-refractivity contribution is -0.156. The van der Waals surface area contributed by atoms with Crippen LogP contribution in [-0.2, 0) is 4.79 Å². The third-order valence-electron chi connectivity index (χ3n) is 3.46. The molecule has 0 saturated carbocycles. The van der Waals surface area contributed by atoms with Gasteiger partial charge in [-0.2, -0.15) is 0 Å². The molecule has 4 N–H and O–H groups in total. The Labute approximate surface area is 125 Å². The highest BCUT2D eigenvalue weighted by molar-refractivity contribution is 5.86. The lowest BCUT2D eigenvalue weighted by atomic mass is 10.0. The van der Waals surface area contributed by atoms with Gasteiger partial charge in [-0.05, 0) is 36.6 Å². The van der Waals surface area contributed by atoms with Crippen molar-refractivity contribution >= 4 is 16.7 Å². The molecule has 0 amide bonds. The van der Waals surface area contributed by atoms with Crippen molar-refractivity contribution in [3.05, 3.63) is 48.0 Å². The van der Waals surface area contributed by atoms with Crippen LogP contribution in [-0.4, -0.2) is 21.8 Å². The highest BCUT2D eigenvalue weighted by Gasteiger charge is 2.26. The van der Waals surface area contributed by atoms with E-state index in [0.29, 0.717) is 0 Å². The number of aliphatic hydroxyl groups is 1. The van der Waals surface area contributed by atoms with Crippen LogP contribution in [0.15, 0.2) is 42.5 Å². The molecule has 0 fully saturated rings. The summed E-state index contributed by atoms with van der Waals surface area (Å²) >= 11 is 0. The largest absolute Gasteiger partial charge is 0.479 e. The standard InChI is InChI=1S/C12H13N.C5H10O3/c1-9(13)11-8-4-6-10-5-2-3-7-12(10)11;1-3-5(2,8)4(6)7/h2-9H,13H2,1H3;8H,3H2,1-2H3,(H,6,7)/t9-;5-/m10/s1. The van der Waals surface area contributed by atoms with Gasteiger partial charge in [-0.1, -0.05) is 49.4 Å². The van der Waals surface area contributed by atoms with Gasteiger partial charge in [0.15, 0.2) is 5.60 Å². The maximum atomic E-state index is 10.0. The molecule has 4 heteroatoms. The molecule has 2 atom stereocenters. The van der Waals surface area contributed by atoms with Crippen molar-refractivity contribution < 1.29 is 15.0 Å². The van der Waals surface area contributed by atoms with Crippen LogP contribution < -0.4 is 5.73 Å². The summed E-state index contributed by atoms with van der Waals surface area (Å²) in [4.78, 5) is 10.0. The molecule has 2 rings (SSSR count). The Balaban J connectivity index is 0.000000240. The lowest BCUT2D eigenvalue weighted by Crippen LogP contribution is -2.33. The SMILES string of the molecule is CC[C@](C)(O)C(=O)O.C[C@@H](N)c1cccc2ccccc12. The summed E-state index contributed by atoms with van der Waals surface area (Å²) in [6.45, 7) is 4.91. The van der Waals surface area contributed by atoms with Crippen molar-refractivity contribution in [2.45, 2.75) is 38.8 Å². The molecule has 0 aromatic heterocycles. The maximum absolute atomic E-state index is 10.0. The number of nitrogens with two attached hydrogens (primary N) is 1. The second-order valence-corrected chi connectivity index (χ2v) is 5.29. The van der Waals surface area contributed by atoms with E-state index >= 15 is 0 Å². The lowest BCUT2D eigenvalue weighted by Gasteiger charge is -2.13. The summed E-state index contributed by atoms with van der Waals surface area (Å²) in [5.74, 6) is -1.17. The summed E-state index contributed by atoms with van der Waals surface area (Å²) in [5, 5.41) is 19.5. The summed E-state index contributed by atoms with van der Waals surface area (Å²) in [7, 11) is 0. The Morgan fingerprint density at radius 1 is 1.24 bits per heavy atom. The van der Waals surface area contributed by atoms with E-state index in [1.165, 1.54) is 23.3 Å². The number of rotatable bonds is 3. The van der Waals surface area contributed by atoms with Gasteiger partial charge in [-0.3, -0.25) is 0 Å². The van der Waals surface area contributed by atoms with Crippen LogP contribution in [0, 0.1) is 0 Å². The van der Waals surface area contributed by atoms with Gasteiger partial charge in [0, 0.05) is 6.04 Å². The summed E-state index contributed by atoms with van der Waals surface area (Å²) in [6.07, 6.45) is 0.238. The predicted molar refractivity (Wildman–Crippen MR) is 85.1 cm³/mol. The fourth-order valence-electron chi connectivity index (χ4n) is 1.80. The minimum atomic E-state index is -1.54. The first kappa shape index (κ1) is 17.1. The van der Waals surface area contributed by atoms with Crippen LogP contribution in [0.25, 0.3) is 10.8 Å². The Bertz CT molecular complexity index is 601. The molecular weight excluding hydrogens is 266 g/mol. The van der Waals surface area contributed by atoms with E-state index in [1.54, 1.807) is 6.92 Å². The van der Waals surface area contributed by atoms with Gasteiger partial charge >= 0.3 is 5.97 Å². The number of carboxylic acids is 1. The first-order chi connectivity index (χ1) is 9.79. The molecule has 0 aliphatic rings. The van der Waals surface area contributed by atoms with Gasteiger partial charge in [0.25, 0.3) is 0 Å². The first-order valence-corrected chi connectivity index (χ1v) is 6.98. The van der Waals surface area contributed by atoms with E-state index in [0.717, 1.165) is 0 Å². The molecule has 0 aliphatic heterocycles. The van der Waals surface area contributed by atoms with Gasteiger partial charge in [0.1, 0.15) is 0 Å². The Morgan fingerprint density at radius 2 is 1.81 bits per heavy atom. The van der Waals surface area contributed by atoms with Crippen molar-refractivity contribution in [1.82, 2.24) is 0 Å². The zero-order valence-corrected chi connectivity index (χ0v) is 12.7. The monoisotopic (exact) mass is 289 g/mol. The van der Waals surface area contributed by atoms with Gasteiger partial charge in [-0.25, -0.2) is 4.79 Å². The quantitative estimate of drug-likeness (QED) is 0.810. The normalized spacial score (nSPS) is 14.7. The Morgan fingerprint density at radius 3 is 2.29 bits per heavy atom. The van der Waals surface area contributed by atoms with E-state index in [2.05, 4.69) is 30.3 Å². The van der Waals surface area contributed by atoms with Crippen LogP contribution in [0.1, 0.15) is 38.8 Å². The molecule has 0 spiro atoms. The number of fused-ring (bicyclic) bond motifs is 1. The van der Waals surface area contributed by atoms with Crippen molar-refractivity contribution in [2.75, 3.05) is 0 Å². The van der Waals surface area contributed by atoms with Crippen LogP contribution in [0.2, 0.25) is 0 Å². The molecule has 2 aromatic carbocycles. The summed E-state index contributed by atoms with van der Waals surface area (Å²) < 4.78 is 0. The molecule has 4 nitrogen and oxygen atoms in total. The highest BCUT2D eigenvalue weighted by atomic mass is 16.4. The molecule has 2 aromatic rings. The molecule has 0 unspecified atom stereocenters. The van der Waals surface area contributed by atoms with E-state index in [9.17, 15) is 4.79 Å². The highest BCUT2D eigenvalue weighted by Crippen LogP contribution is 2.22. The fraction of sp³-hybridized carbons (Fsp3) is 0.353. The van der Waals surface area contributed by atoms with Crippen LogP contribution in [0.4, 0.5) is 0 Å². The molecule has 0 radical (unpaired) electrons. The van der Waals surface area contributed by atoms with Gasteiger partial charge in [-0.15, -0.1) is 0 Å². The maximum Gasteiger partial charge on any atom is 0.335 e. The average molecular weight is 289 g/mol. The molecule has 0 saturated heterocycles. The summed E-state index contributed by atoms with van der Waals surface area (Å²) in [6, 6.07) is 14.7. The molecule has 0 heterocycles. The van der Waals surface area contributed by atoms with E-state index in [1.807, 2.05) is 19.1 Å². The number of carboxylic acid groups (broad SMARTS) is 1. The van der Waals surface area contributed by atoms with Crippen LogP contribution in [0.5, 0.6) is 0 Å². The molecule has 0 bridgehead atoms. The van der Waals surface area contributed by atoms with Crippen molar-refractivity contribution in [2.24, 2.45) is 5.73 Å². The minimum absolute atomic E-state index is 0.103. The van der Waals surface area contributed by atoms with E-state index in [4.69, 9.17) is 15.9 Å². The van der Waals surface area contributed by atoms with Gasteiger partial charge in [0.2, 0.25) is 0 Å². The average Bonchev–Trinajstić information content (AvgIpc) is 2.47. The number of hydrogen-bond donors (Lipinski definition) is 3. The second kappa shape index (κ2) is 7.20. The van der Waals surface area contributed by atoms with Crippen molar-refractivity contribution in [3.63, 3.8) is 0 Å². The Kier molecular flexibility index (Phi) is 5.88. The Hall–Kier alpha value is -1.91. The van der Waals surface area contributed by atoms with Crippen molar-refractivity contribution in [1.29, 1.82) is 0 Å². The minimum Gasteiger partial charge on any atom is -0.479 e. The number of hydrogen-bond acceptors (Lipinski definition) is 3. The number of carbonyl (C=O) groups is 1. The van der Waals surface area contributed by atoms with Gasteiger partial charge < -0.3 is 15.9 Å². The second-order valence-electron chi connectivity index (χ2n) is 5.29. The third kappa shape index (κ3) is 4.55. The zero-order chi connectivity index (χ0) is 16.0. The molecule has 21 heavy (non-hydrogen) atoms. The van der Waals surface area contributed by atoms with Crippen LogP contribution >= 0.6 is 0 Å². The zero-order valence-electron chi connectivity index (χ0n) is 12.7. The topological polar surface area (TPSA) is 83.5 Å². The molecule has 0 aliphatic carbocycles. The summed E-state index contributed by atoms with van der Waals surface area (Å²) in [5.41, 5.74) is 5.56. The van der Waals surface area contributed by atoms with E-state index < -0.39 is 11.6 Å².